The largest absolute Gasteiger partial charge is 0.417 e. The first-order valence-corrected chi connectivity index (χ1v) is 7.30. The lowest BCUT2D eigenvalue weighted by Crippen LogP contribution is -2.37. The molecule has 0 fully saturated rings. The summed E-state index contributed by atoms with van der Waals surface area (Å²) in [6, 6.07) is 3.71. The Morgan fingerprint density at radius 3 is 2.33 bits per heavy atom. The van der Waals surface area contributed by atoms with Crippen molar-refractivity contribution in [2.45, 2.75) is 26.1 Å². The van der Waals surface area contributed by atoms with Crippen LogP contribution in [0.3, 0.4) is 0 Å². The van der Waals surface area contributed by atoms with Gasteiger partial charge < -0.3 is 0 Å². The van der Waals surface area contributed by atoms with Crippen molar-refractivity contribution >= 4 is 15.9 Å². The van der Waals surface area contributed by atoms with Gasteiger partial charge in [0.05, 0.1) is 22.9 Å². The van der Waals surface area contributed by atoms with Crippen molar-refractivity contribution in [2.24, 2.45) is 0 Å². The van der Waals surface area contributed by atoms with Gasteiger partial charge >= 0.3 is 16.4 Å². The summed E-state index contributed by atoms with van der Waals surface area (Å²) < 4.78 is 65.3. The molecule has 0 saturated heterocycles. The quantitative estimate of drug-likeness (QED) is 0.926. The van der Waals surface area contributed by atoms with Crippen LogP contribution in [0.2, 0.25) is 0 Å². The van der Waals surface area contributed by atoms with Crippen molar-refractivity contribution in [1.29, 1.82) is 5.26 Å². The Labute approximate surface area is 121 Å². The van der Waals surface area contributed by atoms with Gasteiger partial charge in [-0.2, -0.15) is 31.2 Å². The molecule has 1 N–H and O–H groups in total. The zero-order valence-corrected chi connectivity index (χ0v) is 12.4. The van der Waals surface area contributed by atoms with Crippen molar-refractivity contribution in [3.8, 4) is 6.07 Å². The van der Waals surface area contributed by atoms with E-state index in [1.54, 1.807) is 13.8 Å². The molecule has 9 heteroatoms. The summed E-state index contributed by atoms with van der Waals surface area (Å²) in [4.78, 5) is 0. The summed E-state index contributed by atoms with van der Waals surface area (Å²) in [6.07, 6.45) is -4.74. The van der Waals surface area contributed by atoms with E-state index >= 15 is 0 Å². The molecule has 0 aliphatic heterocycles. The van der Waals surface area contributed by atoms with E-state index in [2.05, 4.69) is 4.72 Å². The van der Waals surface area contributed by atoms with Gasteiger partial charge in [0.2, 0.25) is 0 Å². The van der Waals surface area contributed by atoms with Gasteiger partial charge in [-0.15, -0.1) is 0 Å². The van der Waals surface area contributed by atoms with E-state index in [1.807, 2.05) is 0 Å². The molecular formula is C12H14F3N3O2S. The Balaban J connectivity index is 3.21. The van der Waals surface area contributed by atoms with Crippen LogP contribution in [0.15, 0.2) is 18.2 Å². The molecule has 0 aliphatic rings. The number of nitrogens with zero attached hydrogens (tertiary/aromatic N) is 2. The Bertz CT molecular complexity index is 663. The van der Waals surface area contributed by atoms with Crippen LogP contribution in [0.5, 0.6) is 0 Å². The van der Waals surface area contributed by atoms with E-state index in [1.165, 1.54) is 13.1 Å². The number of nitriles is 1. The highest BCUT2D eigenvalue weighted by molar-refractivity contribution is 7.90. The van der Waals surface area contributed by atoms with Gasteiger partial charge in [0, 0.05) is 13.1 Å². The molecule has 0 heterocycles. The van der Waals surface area contributed by atoms with Crippen molar-refractivity contribution in [3.05, 3.63) is 29.3 Å². The summed E-state index contributed by atoms with van der Waals surface area (Å²) in [5.41, 5.74) is -2.01. The van der Waals surface area contributed by atoms with Crippen molar-refractivity contribution in [3.63, 3.8) is 0 Å². The first-order valence-electron chi connectivity index (χ1n) is 5.86. The third kappa shape index (κ3) is 4.09. The molecule has 0 bridgehead atoms. The highest BCUT2D eigenvalue weighted by Gasteiger charge is 2.34. The highest BCUT2D eigenvalue weighted by atomic mass is 32.2. The molecule has 1 aromatic rings. The molecule has 0 aromatic heterocycles. The number of halogens is 3. The van der Waals surface area contributed by atoms with Crippen molar-refractivity contribution < 1.29 is 21.6 Å². The van der Waals surface area contributed by atoms with E-state index in [4.69, 9.17) is 5.26 Å². The predicted octanol–water partition coefficient (Wildman–Crippen LogP) is 2.57. The van der Waals surface area contributed by atoms with Crippen LogP contribution in [0.1, 0.15) is 25.0 Å². The molecule has 1 rings (SSSR count). The number of hydrogen-bond donors (Lipinski definition) is 1. The monoisotopic (exact) mass is 321 g/mol. The van der Waals surface area contributed by atoms with E-state index in [-0.39, 0.29) is 11.7 Å². The minimum Gasteiger partial charge on any atom is -0.271 e. The molecule has 5 nitrogen and oxygen atoms in total. The molecule has 0 unspecified atom stereocenters. The van der Waals surface area contributed by atoms with Crippen LogP contribution in [0.25, 0.3) is 0 Å². The second-order valence-corrected chi connectivity index (χ2v) is 6.32. The van der Waals surface area contributed by atoms with Crippen LogP contribution in [0, 0.1) is 11.3 Å². The average Bonchev–Trinajstić information content (AvgIpc) is 2.36. The molecular weight excluding hydrogens is 307 g/mol. The van der Waals surface area contributed by atoms with Crippen molar-refractivity contribution in [2.75, 3.05) is 11.8 Å². The second kappa shape index (κ2) is 5.91. The summed E-state index contributed by atoms with van der Waals surface area (Å²) in [7, 11) is -2.65. The summed E-state index contributed by atoms with van der Waals surface area (Å²) >= 11 is 0. The standard InChI is InChI=1S/C12H14F3N3O2S/c1-8(2)18(3)21(19,20)17-10-5-4-9(7-16)11(6-10)12(13,14)15/h4-6,8,17H,1-3H3. The van der Waals surface area contributed by atoms with Gasteiger partial charge in [-0.05, 0) is 32.0 Å². The molecule has 1 aromatic carbocycles. The lowest BCUT2D eigenvalue weighted by molar-refractivity contribution is -0.137. The molecule has 0 radical (unpaired) electrons. The van der Waals surface area contributed by atoms with E-state index < -0.39 is 27.5 Å². The van der Waals surface area contributed by atoms with Gasteiger partial charge in [-0.1, -0.05) is 0 Å². The number of nitrogens with one attached hydrogen (secondary N) is 1. The molecule has 0 saturated carbocycles. The minimum absolute atomic E-state index is 0.256. The third-order valence-corrected chi connectivity index (χ3v) is 4.47. The van der Waals surface area contributed by atoms with Crippen LogP contribution >= 0.6 is 0 Å². The van der Waals surface area contributed by atoms with Gasteiger partial charge in [0.1, 0.15) is 0 Å². The number of hydrogen-bond acceptors (Lipinski definition) is 3. The molecule has 0 aliphatic carbocycles. The number of benzene rings is 1. The molecule has 0 amide bonds. The average molecular weight is 321 g/mol. The number of rotatable bonds is 4. The fourth-order valence-corrected chi connectivity index (χ4v) is 2.56. The maximum atomic E-state index is 12.8. The topological polar surface area (TPSA) is 73.2 Å². The van der Waals surface area contributed by atoms with Crippen molar-refractivity contribution in [1.82, 2.24) is 4.31 Å². The minimum atomic E-state index is -4.74. The van der Waals surface area contributed by atoms with Crippen LogP contribution in [-0.4, -0.2) is 25.8 Å². The lowest BCUT2D eigenvalue weighted by atomic mass is 10.1. The molecule has 21 heavy (non-hydrogen) atoms. The van der Waals surface area contributed by atoms with Crippen LogP contribution in [-0.2, 0) is 16.4 Å². The summed E-state index contributed by atoms with van der Waals surface area (Å²) in [6.45, 7) is 3.25. The Morgan fingerprint density at radius 2 is 1.90 bits per heavy atom. The smallest absolute Gasteiger partial charge is 0.271 e. The first-order chi connectivity index (χ1) is 9.49. The zero-order valence-electron chi connectivity index (χ0n) is 11.6. The predicted molar refractivity (Wildman–Crippen MR) is 71.6 cm³/mol. The maximum Gasteiger partial charge on any atom is 0.417 e. The molecule has 0 atom stereocenters. The normalized spacial score (nSPS) is 12.5. The van der Waals surface area contributed by atoms with Crippen LogP contribution in [0.4, 0.5) is 18.9 Å². The molecule has 0 spiro atoms. The Hall–Kier alpha value is -1.79. The van der Waals surface area contributed by atoms with Gasteiger partial charge in [0.25, 0.3) is 0 Å². The summed E-state index contributed by atoms with van der Waals surface area (Å²) in [5, 5.41) is 8.67. The van der Waals surface area contributed by atoms with E-state index in [9.17, 15) is 21.6 Å². The number of anilines is 1. The van der Waals surface area contributed by atoms with Gasteiger partial charge in [-0.3, -0.25) is 4.72 Å². The highest BCUT2D eigenvalue weighted by Crippen LogP contribution is 2.33. The fourth-order valence-electron chi connectivity index (χ4n) is 1.44. The first kappa shape index (κ1) is 17.3. The lowest BCUT2D eigenvalue weighted by Gasteiger charge is -2.22. The fraction of sp³-hybridized carbons (Fsp3) is 0.417. The van der Waals surface area contributed by atoms with Gasteiger partial charge in [-0.25, -0.2) is 0 Å². The van der Waals surface area contributed by atoms with Gasteiger partial charge in [0.15, 0.2) is 0 Å². The summed E-state index contributed by atoms with van der Waals surface area (Å²) in [5.74, 6) is 0. The third-order valence-electron chi connectivity index (χ3n) is 2.80. The number of alkyl halides is 3. The molecule has 116 valence electrons. The SMILES string of the molecule is CC(C)N(C)S(=O)(=O)Nc1ccc(C#N)c(C(F)(F)F)c1. The Kier molecular flexibility index (Phi) is 4.86. The Morgan fingerprint density at radius 1 is 1.33 bits per heavy atom. The second-order valence-electron chi connectivity index (χ2n) is 4.59. The maximum absolute atomic E-state index is 12.8. The van der Waals surface area contributed by atoms with E-state index in [0.717, 1.165) is 16.4 Å². The van der Waals surface area contributed by atoms with Crippen LogP contribution < -0.4 is 4.72 Å². The zero-order chi connectivity index (χ0) is 16.4. The van der Waals surface area contributed by atoms with E-state index in [0.29, 0.717) is 6.07 Å².